The first-order chi connectivity index (χ1) is 8.69. The van der Waals surface area contributed by atoms with E-state index in [4.69, 9.17) is 9.47 Å². The van der Waals surface area contributed by atoms with Crippen molar-refractivity contribution >= 4 is 5.91 Å². The molecular formula is C14H19NO3. The van der Waals surface area contributed by atoms with Gasteiger partial charge >= 0.3 is 0 Å². The summed E-state index contributed by atoms with van der Waals surface area (Å²) >= 11 is 0. The molecule has 2 rings (SSSR count). The van der Waals surface area contributed by atoms with Crippen LogP contribution < -0.4 is 14.8 Å². The molecule has 4 nitrogen and oxygen atoms in total. The van der Waals surface area contributed by atoms with Crippen molar-refractivity contribution in [2.75, 3.05) is 13.2 Å². The second kappa shape index (κ2) is 5.76. The minimum Gasteiger partial charge on any atom is -0.486 e. The Morgan fingerprint density at radius 2 is 2.06 bits per heavy atom. The highest BCUT2D eigenvalue weighted by atomic mass is 16.6. The minimum absolute atomic E-state index is 0.0426. The Morgan fingerprint density at radius 1 is 1.33 bits per heavy atom. The molecule has 0 saturated carbocycles. The number of hydrogen-bond donors (Lipinski definition) is 1. The molecule has 1 atom stereocenters. The lowest BCUT2D eigenvalue weighted by Crippen LogP contribution is -2.33. The Kier molecular flexibility index (Phi) is 4.07. The zero-order valence-corrected chi connectivity index (χ0v) is 10.9. The molecule has 0 spiro atoms. The van der Waals surface area contributed by atoms with Gasteiger partial charge in [0, 0.05) is 6.04 Å². The van der Waals surface area contributed by atoms with Crippen LogP contribution in [0, 0.1) is 0 Å². The third-order valence-corrected chi connectivity index (χ3v) is 2.99. The fraction of sp³-hybridized carbons (Fsp3) is 0.500. The van der Waals surface area contributed by atoms with E-state index in [0.717, 1.165) is 23.5 Å². The van der Waals surface area contributed by atoms with Crippen LogP contribution in [0.3, 0.4) is 0 Å². The van der Waals surface area contributed by atoms with Crippen LogP contribution in [0.1, 0.15) is 25.8 Å². The monoisotopic (exact) mass is 249 g/mol. The van der Waals surface area contributed by atoms with Gasteiger partial charge in [0.15, 0.2) is 11.5 Å². The zero-order chi connectivity index (χ0) is 13.0. The lowest BCUT2D eigenvalue weighted by molar-refractivity contribution is -0.121. The van der Waals surface area contributed by atoms with Gasteiger partial charge in [-0.3, -0.25) is 4.79 Å². The van der Waals surface area contributed by atoms with Gasteiger partial charge in [0.25, 0.3) is 0 Å². The first-order valence-electron chi connectivity index (χ1n) is 6.37. The highest BCUT2D eigenvalue weighted by Crippen LogP contribution is 2.30. The Balaban J connectivity index is 1.99. The summed E-state index contributed by atoms with van der Waals surface area (Å²) in [6.45, 7) is 5.20. The fourth-order valence-corrected chi connectivity index (χ4v) is 1.81. The van der Waals surface area contributed by atoms with Crippen LogP contribution in [0.25, 0.3) is 0 Å². The Hall–Kier alpha value is -1.71. The van der Waals surface area contributed by atoms with Gasteiger partial charge in [-0.25, -0.2) is 0 Å². The van der Waals surface area contributed by atoms with E-state index in [1.165, 1.54) is 0 Å². The molecule has 1 N–H and O–H groups in total. The second-order valence-corrected chi connectivity index (χ2v) is 4.53. The van der Waals surface area contributed by atoms with Crippen LogP contribution in [-0.2, 0) is 11.2 Å². The Bertz CT molecular complexity index is 431. The average Bonchev–Trinajstić information content (AvgIpc) is 2.38. The van der Waals surface area contributed by atoms with E-state index in [1.54, 1.807) is 0 Å². The zero-order valence-electron chi connectivity index (χ0n) is 10.9. The number of nitrogens with one attached hydrogen (secondary N) is 1. The van der Waals surface area contributed by atoms with Gasteiger partial charge in [0.2, 0.25) is 5.91 Å². The maximum atomic E-state index is 11.8. The fourth-order valence-electron chi connectivity index (χ4n) is 1.81. The molecule has 1 aromatic carbocycles. The van der Waals surface area contributed by atoms with Gasteiger partial charge in [0.1, 0.15) is 13.2 Å². The number of ether oxygens (including phenoxy) is 2. The van der Waals surface area contributed by atoms with Crippen LogP contribution in [0.2, 0.25) is 0 Å². The summed E-state index contributed by atoms with van der Waals surface area (Å²) in [5, 5.41) is 2.95. The molecular weight excluding hydrogens is 230 g/mol. The molecule has 98 valence electrons. The number of rotatable bonds is 4. The summed E-state index contributed by atoms with van der Waals surface area (Å²) in [7, 11) is 0. The van der Waals surface area contributed by atoms with Gasteiger partial charge in [-0.05, 0) is 31.0 Å². The SMILES string of the molecule is CCC(C)NC(=O)Cc1ccc2c(c1)OCCO2. The second-order valence-electron chi connectivity index (χ2n) is 4.53. The van der Waals surface area contributed by atoms with E-state index < -0.39 is 0 Å². The number of hydrogen-bond acceptors (Lipinski definition) is 3. The normalized spacial score (nSPS) is 15.0. The van der Waals surface area contributed by atoms with Gasteiger partial charge in [-0.2, -0.15) is 0 Å². The van der Waals surface area contributed by atoms with Gasteiger partial charge < -0.3 is 14.8 Å². The molecule has 0 saturated heterocycles. The molecule has 1 aliphatic heterocycles. The molecule has 0 aromatic heterocycles. The molecule has 1 heterocycles. The summed E-state index contributed by atoms with van der Waals surface area (Å²) < 4.78 is 10.9. The molecule has 0 bridgehead atoms. The van der Waals surface area contributed by atoms with Gasteiger partial charge in [0.05, 0.1) is 6.42 Å². The quantitative estimate of drug-likeness (QED) is 0.886. The molecule has 0 aliphatic carbocycles. The van der Waals surface area contributed by atoms with Crippen LogP contribution >= 0.6 is 0 Å². The van der Waals surface area contributed by atoms with Crippen LogP contribution in [-0.4, -0.2) is 25.2 Å². The maximum absolute atomic E-state index is 11.8. The highest BCUT2D eigenvalue weighted by Gasteiger charge is 2.13. The minimum atomic E-state index is 0.0426. The van der Waals surface area contributed by atoms with Crippen molar-refractivity contribution in [3.8, 4) is 11.5 Å². The van der Waals surface area contributed by atoms with E-state index >= 15 is 0 Å². The number of carbonyl (C=O) groups excluding carboxylic acids is 1. The summed E-state index contributed by atoms with van der Waals surface area (Å²) in [6, 6.07) is 5.86. The number of benzene rings is 1. The van der Waals surface area contributed by atoms with Crippen LogP contribution in [0.15, 0.2) is 18.2 Å². The third kappa shape index (κ3) is 3.15. The standard InChI is InChI=1S/C14H19NO3/c1-3-10(2)15-14(16)9-11-4-5-12-13(8-11)18-7-6-17-12/h4-5,8,10H,3,6-7,9H2,1-2H3,(H,15,16). The van der Waals surface area contributed by atoms with E-state index in [2.05, 4.69) is 12.2 Å². The molecule has 1 unspecified atom stereocenters. The topological polar surface area (TPSA) is 47.6 Å². The largest absolute Gasteiger partial charge is 0.486 e. The molecule has 4 heteroatoms. The smallest absolute Gasteiger partial charge is 0.224 e. The van der Waals surface area contributed by atoms with Crippen molar-refractivity contribution in [3.05, 3.63) is 23.8 Å². The van der Waals surface area contributed by atoms with E-state index in [0.29, 0.717) is 19.6 Å². The van der Waals surface area contributed by atoms with Crippen LogP contribution in [0.4, 0.5) is 0 Å². The van der Waals surface area contributed by atoms with Crippen molar-refractivity contribution in [2.45, 2.75) is 32.7 Å². The van der Waals surface area contributed by atoms with Crippen molar-refractivity contribution < 1.29 is 14.3 Å². The number of carbonyl (C=O) groups is 1. The first-order valence-corrected chi connectivity index (χ1v) is 6.37. The molecule has 1 aromatic rings. The predicted molar refractivity (Wildman–Crippen MR) is 69.0 cm³/mol. The van der Waals surface area contributed by atoms with Crippen LogP contribution in [0.5, 0.6) is 11.5 Å². The molecule has 18 heavy (non-hydrogen) atoms. The molecule has 0 fully saturated rings. The van der Waals surface area contributed by atoms with Crippen molar-refractivity contribution in [3.63, 3.8) is 0 Å². The lowest BCUT2D eigenvalue weighted by Gasteiger charge is -2.19. The van der Waals surface area contributed by atoms with Crippen molar-refractivity contribution in [1.82, 2.24) is 5.32 Å². The molecule has 1 aliphatic rings. The van der Waals surface area contributed by atoms with Gasteiger partial charge in [-0.1, -0.05) is 13.0 Å². The summed E-state index contributed by atoms with van der Waals surface area (Å²) in [5.74, 6) is 1.53. The van der Waals surface area contributed by atoms with Crippen molar-refractivity contribution in [1.29, 1.82) is 0 Å². The maximum Gasteiger partial charge on any atom is 0.224 e. The molecule has 1 amide bonds. The lowest BCUT2D eigenvalue weighted by atomic mass is 10.1. The number of amides is 1. The Labute approximate surface area is 107 Å². The predicted octanol–water partition coefficient (Wildman–Crippen LogP) is 1.92. The van der Waals surface area contributed by atoms with E-state index in [-0.39, 0.29) is 11.9 Å². The summed E-state index contributed by atoms with van der Waals surface area (Å²) in [4.78, 5) is 11.8. The summed E-state index contributed by atoms with van der Waals surface area (Å²) in [5.41, 5.74) is 0.944. The third-order valence-electron chi connectivity index (χ3n) is 2.99. The van der Waals surface area contributed by atoms with E-state index in [9.17, 15) is 4.79 Å². The number of fused-ring (bicyclic) bond motifs is 1. The van der Waals surface area contributed by atoms with Crippen molar-refractivity contribution in [2.24, 2.45) is 0 Å². The van der Waals surface area contributed by atoms with E-state index in [1.807, 2.05) is 25.1 Å². The Morgan fingerprint density at radius 3 is 2.78 bits per heavy atom. The average molecular weight is 249 g/mol. The first kappa shape index (κ1) is 12.7. The highest BCUT2D eigenvalue weighted by molar-refractivity contribution is 5.79. The summed E-state index contributed by atoms with van der Waals surface area (Å²) in [6.07, 6.45) is 1.31. The van der Waals surface area contributed by atoms with Gasteiger partial charge in [-0.15, -0.1) is 0 Å². The molecule has 0 radical (unpaired) electrons.